The Labute approximate surface area is 134 Å². The second kappa shape index (κ2) is 6.44. The number of nitrogens with one attached hydrogen (secondary N) is 1. The van der Waals surface area contributed by atoms with Crippen LogP contribution in [0, 0.1) is 5.21 Å². The molecule has 0 aromatic heterocycles. The zero-order valence-corrected chi connectivity index (χ0v) is 13.1. The molecule has 122 valence electrons. The average molecular weight is 314 g/mol. The predicted octanol–water partition coefficient (Wildman–Crippen LogP) is 2.72. The minimum atomic E-state index is -0.258. The maximum absolute atomic E-state index is 12.7. The summed E-state index contributed by atoms with van der Waals surface area (Å²) in [5.74, 6) is -0.258. The molecule has 1 aliphatic heterocycles. The van der Waals surface area contributed by atoms with Crippen LogP contribution in [0.1, 0.15) is 30.1 Å². The number of hydrogen-bond acceptors (Lipinski definition) is 5. The van der Waals surface area contributed by atoms with Crippen molar-refractivity contribution in [1.82, 2.24) is 5.01 Å². The molecule has 3 rings (SSSR count). The number of aliphatic hydroxyl groups is 1. The van der Waals surface area contributed by atoms with Crippen LogP contribution in [0.4, 0.5) is 11.4 Å². The highest BCUT2D eigenvalue weighted by atomic mass is 16.6. The van der Waals surface area contributed by atoms with Crippen LogP contribution in [0.5, 0.6) is 0 Å². The first-order chi connectivity index (χ1) is 11.2. The van der Waals surface area contributed by atoms with Gasteiger partial charge in [-0.1, -0.05) is 25.5 Å². The van der Waals surface area contributed by atoms with Crippen molar-refractivity contribution in [3.8, 4) is 0 Å². The summed E-state index contributed by atoms with van der Waals surface area (Å²) in [5, 5.41) is 28.2. The van der Waals surface area contributed by atoms with E-state index in [1.54, 1.807) is 12.1 Å². The monoisotopic (exact) mass is 314 g/mol. The number of rotatable bonds is 6. The number of hydrogen-bond donors (Lipinski definition) is 2. The minimum absolute atomic E-state index is 0.0142. The zero-order valence-electron chi connectivity index (χ0n) is 13.1. The fourth-order valence-corrected chi connectivity index (χ4v) is 2.92. The molecule has 0 bridgehead atoms. The summed E-state index contributed by atoms with van der Waals surface area (Å²) < 4.78 is 0. The summed E-state index contributed by atoms with van der Waals surface area (Å²) in [6.07, 6.45) is 1.70. The van der Waals surface area contributed by atoms with E-state index in [-0.39, 0.29) is 12.5 Å². The lowest BCUT2D eigenvalue weighted by Gasteiger charge is -2.45. The Kier molecular flexibility index (Phi) is 4.36. The molecule has 2 N–H and O–H groups in total. The van der Waals surface area contributed by atoms with E-state index in [1.165, 1.54) is 5.01 Å². The molecular formula is C17H20N3O3-. The van der Waals surface area contributed by atoms with Crippen molar-refractivity contribution in [2.45, 2.75) is 19.8 Å². The van der Waals surface area contributed by atoms with Crippen LogP contribution in [0.25, 0.3) is 10.8 Å². The molecule has 0 unspecified atom stereocenters. The molecule has 1 heterocycles. The fraction of sp³-hybridized carbons (Fsp3) is 0.353. The van der Waals surface area contributed by atoms with Gasteiger partial charge in [0.1, 0.15) is 0 Å². The van der Waals surface area contributed by atoms with Crippen LogP contribution < -0.4 is 10.5 Å². The van der Waals surface area contributed by atoms with Crippen LogP contribution in [0.3, 0.4) is 0 Å². The first-order valence-electron chi connectivity index (χ1n) is 7.88. The van der Waals surface area contributed by atoms with Gasteiger partial charge in [0.05, 0.1) is 17.9 Å². The lowest BCUT2D eigenvalue weighted by Crippen LogP contribution is -2.46. The van der Waals surface area contributed by atoms with E-state index in [0.29, 0.717) is 34.9 Å². The molecule has 0 spiro atoms. The molecule has 0 fully saturated rings. The third kappa shape index (κ3) is 2.60. The maximum atomic E-state index is 12.7. The molecule has 1 amide bonds. The number of nitrogens with zero attached hydrogens (tertiary/aromatic N) is 2. The number of amides is 1. The van der Waals surface area contributed by atoms with Gasteiger partial charge in [-0.25, -0.2) is 0 Å². The van der Waals surface area contributed by atoms with Gasteiger partial charge in [-0.15, -0.1) is 0 Å². The minimum Gasteiger partial charge on any atom is -0.738 e. The van der Waals surface area contributed by atoms with Crippen molar-refractivity contribution in [3.63, 3.8) is 0 Å². The standard InChI is InChI=1S/C17H20N3O3/c1-2-3-10-19-17(22)13-7-8-14(18-9-11-21)12-5-4-6-15(16(12)13)20(19)23/h4-8,18,21H,2-3,9-11H2,1H3/q-1. The number of benzene rings is 2. The highest BCUT2D eigenvalue weighted by molar-refractivity contribution is 6.17. The Morgan fingerprint density at radius 3 is 2.83 bits per heavy atom. The van der Waals surface area contributed by atoms with Gasteiger partial charge in [0, 0.05) is 29.5 Å². The van der Waals surface area contributed by atoms with Gasteiger partial charge in [0.15, 0.2) is 0 Å². The fourth-order valence-electron chi connectivity index (χ4n) is 2.92. The van der Waals surface area contributed by atoms with E-state index in [2.05, 4.69) is 5.32 Å². The number of carbonyl (C=O) groups excluding carboxylic acids is 1. The van der Waals surface area contributed by atoms with Gasteiger partial charge >= 0.3 is 0 Å². The molecule has 0 aliphatic carbocycles. The van der Waals surface area contributed by atoms with E-state index < -0.39 is 0 Å². The highest BCUT2D eigenvalue weighted by Gasteiger charge is 2.27. The van der Waals surface area contributed by atoms with Crippen molar-refractivity contribution in [1.29, 1.82) is 0 Å². The predicted molar refractivity (Wildman–Crippen MR) is 91.3 cm³/mol. The van der Waals surface area contributed by atoms with Crippen molar-refractivity contribution in [2.75, 3.05) is 30.2 Å². The van der Waals surface area contributed by atoms with Crippen LogP contribution in [0.15, 0.2) is 30.3 Å². The summed E-state index contributed by atoms with van der Waals surface area (Å²) in [6, 6.07) is 9.00. The lowest BCUT2D eigenvalue weighted by molar-refractivity contribution is 0.0747. The van der Waals surface area contributed by atoms with Gasteiger partial charge in [0.25, 0.3) is 5.91 Å². The van der Waals surface area contributed by atoms with E-state index >= 15 is 0 Å². The number of anilines is 2. The summed E-state index contributed by atoms with van der Waals surface area (Å²) in [5.41, 5.74) is 1.84. The molecule has 2 aromatic carbocycles. The summed E-state index contributed by atoms with van der Waals surface area (Å²) >= 11 is 0. The number of hydrazine groups is 1. The topological polar surface area (TPSA) is 78.9 Å². The van der Waals surface area contributed by atoms with Gasteiger partial charge in [-0.2, -0.15) is 0 Å². The molecule has 6 heteroatoms. The molecule has 2 aromatic rings. The number of carbonyl (C=O) groups is 1. The Morgan fingerprint density at radius 1 is 1.26 bits per heavy atom. The normalized spacial score (nSPS) is 13.8. The second-order valence-electron chi connectivity index (χ2n) is 5.57. The van der Waals surface area contributed by atoms with E-state index in [1.807, 2.05) is 25.1 Å². The van der Waals surface area contributed by atoms with Gasteiger partial charge in [0.2, 0.25) is 0 Å². The van der Waals surface area contributed by atoms with Gasteiger partial charge < -0.3 is 20.8 Å². The van der Waals surface area contributed by atoms with Crippen molar-refractivity contribution in [2.24, 2.45) is 0 Å². The Balaban J connectivity index is 2.11. The van der Waals surface area contributed by atoms with Crippen LogP contribution in [0.2, 0.25) is 0 Å². The molecule has 0 saturated heterocycles. The van der Waals surface area contributed by atoms with Crippen LogP contribution in [-0.2, 0) is 0 Å². The molecular weight excluding hydrogens is 294 g/mol. The quantitative estimate of drug-likeness (QED) is 0.857. The highest BCUT2D eigenvalue weighted by Crippen LogP contribution is 2.38. The van der Waals surface area contributed by atoms with Gasteiger partial charge in [-0.3, -0.25) is 9.80 Å². The van der Waals surface area contributed by atoms with Gasteiger partial charge in [-0.05, 0) is 24.6 Å². The number of unbranched alkanes of at least 4 members (excludes halogenated alkanes) is 1. The van der Waals surface area contributed by atoms with Crippen molar-refractivity contribution >= 4 is 28.1 Å². The third-order valence-corrected chi connectivity index (χ3v) is 4.06. The third-order valence-electron chi connectivity index (χ3n) is 4.06. The molecule has 1 aliphatic rings. The zero-order chi connectivity index (χ0) is 16.4. The Morgan fingerprint density at radius 2 is 2.09 bits per heavy atom. The van der Waals surface area contributed by atoms with Crippen molar-refractivity contribution < 1.29 is 9.90 Å². The summed E-state index contributed by atoms with van der Waals surface area (Å²) in [7, 11) is 0. The maximum Gasteiger partial charge on any atom is 0.272 e. The number of aliphatic hydroxyl groups excluding tert-OH is 1. The molecule has 0 atom stereocenters. The molecule has 0 radical (unpaired) electrons. The van der Waals surface area contributed by atoms with Crippen LogP contribution >= 0.6 is 0 Å². The molecule has 6 nitrogen and oxygen atoms in total. The van der Waals surface area contributed by atoms with Crippen molar-refractivity contribution in [3.05, 3.63) is 41.1 Å². The second-order valence-corrected chi connectivity index (χ2v) is 5.57. The Bertz CT molecular complexity index is 732. The lowest BCUT2D eigenvalue weighted by atomic mass is 9.98. The average Bonchev–Trinajstić information content (AvgIpc) is 2.58. The Hall–Kier alpha value is -2.31. The first kappa shape index (κ1) is 15.6. The summed E-state index contributed by atoms with van der Waals surface area (Å²) in [6.45, 7) is 2.87. The summed E-state index contributed by atoms with van der Waals surface area (Å²) in [4.78, 5) is 12.7. The van der Waals surface area contributed by atoms with Crippen LogP contribution in [-0.4, -0.2) is 35.7 Å². The molecule has 0 saturated carbocycles. The smallest absolute Gasteiger partial charge is 0.272 e. The molecule has 23 heavy (non-hydrogen) atoms. The SMILES string of the molecule is CCCCN1C(=O)c2ccc(NCCO)c3cccc(c23)N1[O-]. The van der Waals surface area contributed by atoms with E-state index in [0.717, 1.165) is 23.9 Å². The van der Waals surface area contributed by atoms with E-state index in [9.17, 15) is 10.0 Å². The van der Waals surface area contributed by atoms with E-state index in [4.69, 9.17) is 5.11 Å². The largest absolute Gasteiger partial charge is 0.738 e. The first-order valence-corrected chi connectivity index (χ1v) is 7.88.